The predicted octanol–water partition coefficient (Wildman–Crippen LogP) is 8.55. The molecule has 15 nitrogen and oxygen atoms in total. The molecule has 0 bridgehead atoms. The maximum absolute atomic E-state index is 12.7. The SMILES string of the molecule is CCC1O[C@H](OCC2O[C@@H](O[C@@H]3C(COCc4ccccc4)O[C@@H](OCc4ccccc4)[C@@H](C)C3C)[C@H](OCc3ccccc3)C(O[C@@H]3OC(CC)[C@H](C)[C@@H](C)C3OC(C)=O)[C@@H]2O)[C@H](OC(C)=O)C(C)[C@@H]1C. The van der Waals surface area contributed by atoms with Crippen LogP contribution in [-0.4, -0.2) is 116 Å². The Hall–Kier alpha value is -3.84. The number of aliphatic hydroxyl groups excluding tert-OH is 1. The van der Waals surface area contributed by atoms with E-state index in [-0.39, 0.29) is 67.5 Å². The quantitative estimate of drug-likeness (QED) is 0.101. The van der Waals surface area contributed by atoms with Gasteiger partial charge in [0, 0.05) is 31.6 Å². The summed E-state index contributed by atoms with van der Waals surface area (Å²) in [6, 6.07) is 29.5. The number of aliphatic hydroxyl groups is 1. The molecular weight excluding hydrogens is 925 g/mol. The molecule has 1 N–H and O–H groups in total. The van der Waals surface area contributed by atoms with Crippen molar-refractivity contribution in [1.82, 2.24) is 0 Å². The lowest BCUT2D eigenvalue weighted by atomic mass is 9.82. The van der Waals surface area contributed by atoms with E-state index in [1.807, 2.05) is 119 Å². The van der Waals surface area contributed by atoms with E-state index in [0.717, 1.165) is 16.7 Å². The fourth-order valence-corrected chi connectivity index (χ4v) is 10.6. The van der Waals surface area contributed by atoms with Crippen molar-refractivity contribution in [3.8, 4) is 0 Å². The van der Waals surface area contributed by atoms with Gasteiger partial charge in [0.25, 0.3) is 0 Å². The third-order valence-electron chi connectivity index (χ3n) is 15.4. The highest BCUT2D eigenvalue weighted by Gasteiger charge is 2.55. The van der Waals surface area contributed by atoms with Gasteiger partial charge in [0.05, 0.1) is 51.3 Å². The van der Waals surface area contributed by atoms with Crippen LogP contribution in [0.3, 0.4) is 0 Å². The zero-order valence-corrected chi connectivity index (χ0v) is 43.8. The Morgan fingerprint density at radius 3 is 1.40 bits per heavy atom. The molecule has 15 heteroatoms. The maximum atomic E-state index is 12.7. The topological polar surface area (TPSA) is 165 Å². The van der Waals surface area contributed by atoms with Gasteiger partial charge in [-0.1, -0.05) is 146 Å². The second-order valence-corrected chi connectivity index (χ2v) is 20.4. The smallest absolute Gasteiger partial charge is 0.303 e. The zero-order chi connectivity index (χ0) is 51.5. The number of hydrogen-bond acceptors (Lipinski definition) is 15. The van der Waals surface area contributed by atoms with E-state index in [0.29, 0.717) is 26.1 Å². The number of carbonyl (C=O) groups is 2. The third-order valence-corrected chi connectivity index (χ3v) is 15.4. The van der Waals surface area contributed by atoms with Crippen LogP contribution in [0.4, 0.5) is 0 Å². The normalized spacial score (nSPS) is 37.2. The zero-order valence-electron chi connectivity index (χ0n) is 43.8. The molecule has 7 rings (SSSR count). The minimum absolute atomic E-state index is 0.0233. The van der Waals surface area contributed by atoms with Gasteiger partial charge < -0.3 is 61.9 Å². The number of carbonyl (C=O) groups excluding carboxylic acids is 2. The number of rotatable bonds is 21. The van der Waals surface area contributed by atoms with Crippen LogP contribution in [0.25, 0.3) is 0 Å². The summed E-state index contributed by atoms with van der Waals surface area (Å²) in [5, 5.41) is 12.7. The molecule has 398 valence electrons. The summed E-state index contributed by atoms with van der Waals surface area (Å²) in [5.41, 5.74) is 2.88. The van der Waals surface area contributed by atoms with Gasteiger partial charge in [0.1, 0.15) is 30.5 Å². The summed E-state index contributed by atoms with van der Waals surface area (Å²) in [4.78, 5) is 25.2. The Balaban J connectivity index is 1.25. The highest BCUT2D eigenvalue weighted by Crippen LogP contribution is 2.41. The molecule has 4 aliphatic heterocycles. The monoisotopic (exact) mass is 1000 g/mol. The van der Waals surface area contributed by atoms with Gasteiger partial charge in [-0.25, -0.2) is 0 Å². The molecule has 0 amide bonds. The molecule has 4 saturated heterocycles. The molecule has 8 unspecified atom stereocenters. The van der Waals surface area contributed by atoms with Crippen LogP contribution in [0.2, 0.25) is 0 Å². The Morgan fingerprint density at radius 1 is 0.444 bits per heavy atom. The van der Waals surface area contributed by atoms with Crippen molar-refractivity contribution in [2.45, 2.75) is 188 Å². The van der Waals surface area contributed by atoms with Crippen molar-refractivity contribution in [3.05, 3.63) is 108 Å². The molecule has 4 heterocycles. The molecule has 0 spiro atoms. The fraction of sp³-hybridized carbons (Fsp3) is 0.649. The van der Waals surface area contributed by atoms with Crippen molar-refractivity contribution in [2.24, 2.45) is 35.5 Å². The fourth-order valence-electron chi connectivity index (χ4n) is 10.6. The Bertz CT molecular complexity index is 2080. The highest BCUT2D eigenvalue weighted by molar-refractivity contribution is 5.66. The Kier molecular flexibility index (Phi) is 20.6. The molecule has 0 aliphatic carbocycles. The average Bonchev–Trinajstić information content (AvgIpc) is 3.38. The Morgan fingerprint density at radius 2 is 0.875 bits per heavy atom. The lowest BCUT2D eigenvalue weighted by Crippen LogP contribution is -2.65. The summed E-state index contributed by atoms with van der Waals surface area (Å²) >= 11 is 0. The number of esters is 2. The van der Waals surface area contributed by atoms with Crippen LogP contribution in [-0.2, 0) is 86.3 Å². The average molecular weight is 1010 g/mol. The van der Waals surface area contributed by atoms with Gasteiger partial charge in [-0.15, -0.1) is 0 Å². The van der Waals surface area contributed by atoms with E-state index in [1.54, 1.807) is 0 Å². The van der Waals surface area contributed by atoms with Crippen LogP contribution in [0, 0.1) is 35.5 Å². The van der Waals surface area contributed by atoms with E-state index >= 15 is 0 Å². The van der Waals surface area contributed by atoms with Crippen molar-refractivity contribution < 1.29 is 71.5 Å². The second kappa shape index (κ2) is 26.6. The first-order valence-electron chi connectivity index (χ1n) is 26.2. The van der Waals surface area contributed by atoms with E-state index in [2.05, 4.69) is 27.7 Å². The summed E-state index contributed by atoms with van der Waals surface area (Å²) in [5.74, 6) is -1.49. The van der Waals surface area contributed by atoms with Crippen molar-refractivity contribution in [1.29, 1.82) is 0 Å². The summed E-state index contributed by atoms with van der Waals surface area (Å²) in [6.07, 6.45) is -10.6. The second-order valence-electron chi connectivity index (χ2n) is 20.4. The third kappa shape index (κ3) is 14.1. The van der Waals surface area contributed by atoms with Crippen LogP contribution in [0.15, 0.2) is 91.0 Å². The van der Waals surface area contributed by atoms with Gasteiger partial charge in [-0.05, 0) is 47.3 Å². The van der Waals surface area contributed by atoms with Crippen molar-refractivity contribution in [2.75, 3.05) is 13.2 Å². The molecule has 0 aromatic heterocycles. The minimum atomic E-state index is -1.42. The first-order chi connectivity index (χ1) is 34.7. The molecule has 72 heavy (non-hydrogen) atoms. The first-order valence-corrected chi connectivity index (χ1v) is 26.2. The van der Waals surface area contributed by atoms with Crippen molar-refractivity contribution >= 4 is 11.9 Å². The highest BCUT2D eigenvalue weighted by atomic mass is 16.8. The molecule has 20 atom stereocenters. The standard InChI is InChI=1S/C57H80O15/c1-11-44-33(3)35(5)50(65-39(9)58)55(67-44)64-32-46-48(60)52(72-56-51(66-40(10)59)36(6)34(4)45(12-2)68-56)53(62-29-42-24-18-14-19-25-42)57(69-46)71-49-37(7)38(8)54(63-30-43-26-20-15-21-27-43)70-47(49)31-61-28-41-22-16-13-17-23-41/h13-27,33-38,44-57,60H,11-12,28-32H2,1-10H3/t33-,34+,35?,36+,37?,38-,44?,45?,46?,47?,48+,49-,50+,51?,52?,53+,54+,55-,56-,57-/m0/s1. The van der Waals surface area contributed by atoms with E-state index in [9.17, 15) is 14.7 Å². The van der Waals surface area contributed by atoms with Gasteiger partial charge in [0.2, 0.25) is 0 Å². The molecule has 3 aromatic rings. The van der Waals surface area contributed by atoms with Gasteiger partial charge in [-0.3, -0.25) is 9.59 Å². The van der Waals surface area contributed by atoms with E-state index in [1.165, 1.54) is 13.8 Å². The summed E-state index contributed by atoms with van der Waals surface area (Å²) < 4.78 is 79.3. The van der Waals surface area contributed by atoms with Gasteiger partial charge in [-0.2, -0.15) is 0 Å². The van der Waals surface area contributed by atoms with E-state index < -0.39 is 85.9 Å². The Labute approximate surface area is 426 Å². The molecule has 3 aromatic carbocycles. The molecular formula is C57H80O15. The lowest BCUT2D eigenvalue weighted by Gasteiger charge is -2.51. The van der Waals surface area contributed by atoms with Gasteiger partial charge in [0.15, 0.2) is 37.4 Å². The molecule has 0 radical (unpaired) electrons. The predicted molar refractivity (Wildman–Crippen MR) is 265 cm³/mol. The van der Waals surface area contributed by atoms with Crippen LogP contribution < -0.4 is 0 Å². The summed E-state index contributed by atoms with van der Waals surface area (Å²) in [7, 11) is 0. The largest absolute Gasteiger partial charge is 0.457 e. The van der Waals surface area contributed by atoms with E-state index in [4.69, 9.17) is 56.8 Å². The van der Waals surface area contributed by atoms with Crippen LogP contribution >= 0.6 is 0 Å². The minimum Gasteiger partial charge on any atom is -0.457 e. The van der Waals surface area contributed by atoms with Gasteiger partial charge >= 0.3 is 11.9 Å². The van der Waals surface area contributed by atoms with Crippen LogP contribution in [0.1, 0.15) is 98.8 Å². The first kappa shape index (κ1) is 55.9. The summed E-state index contributed by atoms with van der Waals surface area (Å²) in [6.45, 7) is 19.9. The number of ether oxygens (including phenoxy) is 12. The lowest BCUT2D eigenvalue weighted by molar-refractivity contribution is -0.381. The van der Waals surface area contributed by atoms with Crippen molar-refractivity contribution in [3.63, 3.8) is 0 Å². The molecule has 0 saturated carbocycles. The maximum Gasteiger partial charge on any atom is 0.303 e. The number of hydrogen-bond donors (Lipinski definition) is 1. The molecule has 4 fully saturated rings. The number of benzene rings is 3. The molecule has 4 aliphatic rings. The van der Waals surface area contributed by atoms with Crippen LogP contribution in [0.5, 0.6) is 0 Å².